The molecule has 0 aliphatic rings. The van der Waals surface area contributed by atoms with Crippen LogP contribution in [0.3, 0.4) is 0 Å². The number of halogens is 1. The number of anilines is 3. The van der Waals surface area contributed by atoms with Gasteiger partial charge < -0.3 is 10.6 Å². The van der Waals surface area contributed by atoms with E-state index in [4.69, 9.17) is 11.6 Å². The smallest absolute Gasteiger partial charge is 0.229 e. The molecule has 0 amide bonds. The molecule has 2 aromatic rings. The zero-order valence-corrected chi connectivity index (χ0v) is 10.6. The molecule has 0 spiro atoms. The fourth-order valence-corrected chi connectivity index (χ4v) is 1.63. The van der Waals surface area contributed by atoms with Crippen LogP contribution in [0.15, 0.2) is 12.4 Å². The van der Waals surface area contributed by atoms with Crippen molar-refractivity contribution in [3.8, 4) is 0 Å². The molecule has 90 valence electrons. The molecule has 17 heavy (non-hydrogen) atoms. The summed E-state index contributed by atoms with van der Waals surface area (Å²) in [5.74, 6) is 1.07. The maximum absolute atomic E-state index is 5.90. The third kappa shape index (κ3) is 2.47. The number of nitrogens with one attached hydrogen (secondary N) is 2. The average molecular weight is 253 g/mol. The summed E-state index contributed by atoms with van der Waals surface area (Å²) < 4.78 is 1.73. The van der Waals surface area contributed by atoms with Gasteiger partial charge in [0.1, 0.15) is 10.8 Å². The van der Waals surface area contributed by atoms with Crippen molar-refractivity contribution in [1.82, 2.24) is 19.7 Å². The Kier molecular flexibility index (Phi) is 3.14. The SMILES string of the molecule is CNc1nc(Nc2cn(C)nc2C)ncc1Cl. The number of hydrogen-bond acceptors (Lipinski definition) is 5. The Morgan fingerprint density at radius 1 is 1.41 bits per heavy atom. The summed E-state index contributed by atoms with van der Waals surface area (Å²) in [5, 5.41) is 10.7. The second-order valence-corrected chi connectivity index (χ2v) is 3.97. The van der Waals surface area contributed by atoms with Crippen LogP contribution in [0.25, 0.3) is 0 Å². The first-order valence-corrected chi connectivity index (χ1v) is 5.45. The molecule has 0 saturated carbocycles. The second kappa shape index (κ2) is 4.58. The molecule has 0 unspecified atom stereocenters. The fourth-order valence-electron chi connectivity index (χ4n) is 1.45. The Bertz CT molecular complexity index is 536. The van der Waals surface area contributed by atoms with Crippen LogP contribution in [-0.4, -0.2) is 26.8 Å². The van der Waals surface area contributed by atoms with E-state index in [-0.39, 0.29) is 0 Å². The predicted octanol–water partition coefficient (Wildman–Crippen LogP) is 1.96. The van der Waals surface area contributed by atoms with Crippen LogP contribution >= 0.6 is 11.6 Å². The van der Waals surface area contributed by atoms with Gasteiger partial charge in [-0.05, 0) is 6.92 Å². The molecule has 2 aromatic heterocycles. The second-order valence-electron chi connectivity index (χ2n) is 3.57. The van der Waals surface area contributed by atoms with Gasteiger partial charge in [-0.3, -0.25) is 4.68 Å². The minimum atomic E-state index is 0.481. The summed E-state index contributed by atoms with van der Waals surface area (Å²) >= 11 is 5.90. The van der Waals surface area contributed by atoms with Gasteiger partial charge in [0, 0.05) is 20.3 Å². The van der Waals surface area contributed by atoms with Crippen molar-refractivity contribution < 1.29 is 0 Å². The van der Waals surface area contributed by atoms with Gasteiger partial charge in [-0.15, -0.1) is 0 Å². The van der Waals surface area contributed by atoms with E-state index in [1.807, 2.05) is 20.2 Å². The van der Waals surface area contributed by atoms with E-state index in [0.29, 0.717) is 16.8 Å². The van der Waals surface area contributed by atoms with E-state index < -0.39 is 0 Å². The van der Waals surface area contributed by atoms with Gasteiger partial charge in [-0.2, -0.15) is 10.1 Å². The zero-order valence-electron chi connectivity index (χ0n) is 9.82. The third-order valence-corrected chi connectivity index (χ3v) is 2.52. The van der Waals surface area contributed by atoms with Crippen molar-refractivity contribution >= 4 is 29.1 Å². The Labute approximate surface area is 104 Å². The predicted molar refractivity (Wildman–Crippen MR) is 67.8 cm³/mol. The van der Waals surface area contributed by atoms with Gasteiger partial charge in [-0.1, -0.05) is 11.6 Å². The molecule has 0 aliphatic carbocycles. The molecule has 0 fully saturated rings. The van der Waals surface area contributed by atoms with Crippen molar-refractivity contribution in [3.63, 3.8) is 0 Å². The average Bonchev–Trinajstić information content (AvgIpc) is 2.60. The number of hydrogen-bond donors (Lipinski definition) is 2. The molecule has 0 aromatic carbocycles. The molecular weight excluding hydrogens is 240 g/mol. The normalized spacial score (nSPS) is 10.4. The molecule has 0 radical (unpaired) electrons. The lowest BCUT2D eigenvalue weighted by Crippen LogP contribution is -2.01. The van der Waals surface area contributed by atoms with Crippen molar-refractivity contribution in [2.45, 2.75) is 6.92 Å². The van der Waals surface area contributed by atoms with Gasteiger partial charge in [0.25, 0.3) is 0 Å². The van der Waals surface area contributed by atoms with Crippen LogP contribution in [0.4, 0.5) is 17.5 Å². The van der Waals surface area contributed by atoms with Crippen molar-refractivity contribution in [3.05, 3.63) is 23.1 Å². The Morgan fingerprint density at radius 2 is 2.18 bits per heavy atom. The minimum absolute atomic E-state index is 0.481. The molecule has 0 atom stereocenters. The van der Waals surface area contributed by atoms with E-state index >= 15 is 0 Å². The largest absolute Gasteiger partial charge is 0.372 e. The molecule has 0 saturated heterocycles. The van der Waals surface area contributed by atoms with E-state index in [1.165, 1.54) is 0 Å². The van der Waals surface area contributed by atoms with Crippen LogP contribution in [-0.2, 0) is 7.05 Å². The van der Waals surface area contributed by atoms with Crippen LogP contribution < -0.4 is 10.6 Å². The number of aryl methyl sites for hydroxylation is 2. The highest BCUT2D eigenvalue weighted by molar-refractivity contribution is 6.32. The summed E-state index contributed by atoms with van der Waals surface area (Å²) in [4.78, 5) is 8.34. The monoisotopic (exact) mass is 252 g/mol. The summed E-state index contributed by atoms with van der Waals surface area (Å²) in [5.41, 5.74) is 1.76. The molecule has 6 nitrogen and oxygen atoms in total. The molecule has 7 heteroatoms. The first-order valence-electron chi connectivity index (χ1n) is 5.07. The lowest BCUT2D eigenvalue weighted by molar-refractivity contribution is 0.756. The highest BCUT2D eigenvalue weighted by Gasteiger charge is 2.07. The summed E-state index contributed by atoms with van der Waals surface area (Å²) in [6, 6.07) is 0. The summed E-state index contributed by atoms with van der Waals surface area (Å²) in [7, 11) is 3.62. The van der Waals surface area contributed by atoms with Crippen molar-refractivity contribution in [2.75, 3.05) is 17.7 Å². The van der Waals surface area contributed by atoms with Gasteiger partial charge >= 0.3 is 0 Å². The lowest BCUT2D eigenvalue weighted by atomic mass is 10.4. The van der Waals surface area contributed by atoms with Gasteiger partial charge in [0.15, 0.2) is 0 Å². The van der Waals surface area contributed by atoms with Crippen LogP contribution in [0, 0.1) is 6.92 Å². The molecule has 2 heterocycles. The molecule has 2 rings (SSSR count). The topological polar surface area (TPSA) is 67.7 Å². The standard InChI is InChI=1S/C10H13ClN6/c1-6-8(5-17(3)16-6)14-10-13-4-7(11)9(12-2)15-10/h4-5H,1-3H3,(H2,12,13,14,15). The zero-order chi connectivity index (χ0) is 12.4. The lowest BCUT2D eigenvalue weighted by Gasteiger charge is -2.06. The molecule has 2 N–H and O–H groups in total. The van der Waals surface area contributed by atoms with E-state index in [0.717, 1.165) is 11.4 Å². The van der Waals surface area contributed by atoms with E-state index in [9.17, 15) is 0 Å². The van der Waals surface area contributed by atoms with Crippen molar-refractivity contribution in [2.24, 2.45) is 7.05 Å². The third-order valence-electron chi connectivity index (χ3n) is 2.24. The molecule has 0 bridgehead atoms. The van der Waals surface area contributed by atoms with Crippen LogP contribution in [0.1, 0.15) is 5.69 Å². The van der Waals surface area contributed by atoms with Gasteiger partial charge in [-0.25, -0.2) is 4.98 Å². The number of aromatic nitrogens is 4. The highest BCUT2D eigenvalue weighted by atomic mass is 35.5. The quantitative estimate of drug-likeness (QED) is 0.874. The number of rotatable bonds is 3. The van der Waals surface area contributed by atoms with Crippen LogP contribution in [0.5, 0.6) is 0 Å². The first-order chi connectivity index (χ1) is 8.10. The van der Waals surface area contributed by atoms with E-state index in [2.05, 4.69) is 25.7 Å². The van der Waals surface area contributed by atoms with E-state index in [1.54, 1.807) is 17.9 Å². The van der Waals surface area contributed by atoms with Gasteiger partial charge in [0.05, 0.1) is 17.6 Å². The summed E-state index contributed by atoms with van der Waals surface area (Å²) in [6.45, 7) is 1.91. The van der Waals surface area contributed by atoms with Gasteiger partial charge in [0.2, 0.25) is 5.95 Å². The van der Waals surface area contributed by atoms with Crippen molar-refractivity contribution in [1.29, 1.82) is 0 Å². The Morgan fingerprint density at radius 3 is 2.76 bits per heavy atom. The molecule has 0 aliphatic heterocycles. The number of nitrogens with zero attached hydrogens (tertiary/aromatic N) is 4. The fraction of sp³-hybridized carbons (Fsp3) is 0.300. The van der Waals surface area contributed by atoms with Crippen LogP contribution in [0.2, 0.25) is 5.02 Å². The Balaban J connectivity index is 2.27. The maximum atomic E-state index is 5.90. The first kappa shape index (κ1) is 11.7. The highest BCUT2D eigenvalue weighted by Crippen LogP contribution is 2.21. The molecular formula is C10H13ClN6. The Hall–Kier alpha value is -1.82. The summed E-state index contributed by atoms with van der Waals surface area (Å²) in [6.07, 6.45) is 3.42. The maximum Gasteiger partial charge on any atom is 0.229 e. The minimum Gasteiger partial charge on any atom is -0.372 e.